The normalized spacial score (nSPS) is 12.0. The van der Waals surface area contributed by atoms with Gasteiger partial charge in [-0.15, -0.1) is 0 Å². The summed E-state index contributed by atoms with van der Waals surface area (Å²) in [4.78, 5) is 11.6. The summed E-state index contributed by atoms with van der Waals surface area (Å²) in [5.41, 5.74) is 8.03. The first kappa shape index (κ1) is 17.9. The molecule has 0 atom stereocenters. The third-order valence-corrected chi connectivity index (χ3v) is 7.16. The Balaban J connectivity index is 1.52. The molecule has 30 heavy (non-hydrogen) atoms. The minimum absolute atomic E-state index is 0.992. The van der Waals surface area contributed by atoms with Crippen LogP contribution in [0.15, 0.2) is 106 Å². The number of benzene rings is 4. The fraction of sp³-hybridized carbons (Fsp3) is 0. The summed E-state index contributed by atoms with van der Waals surface area (Å²) in [5, 5.41) is 1.15. The van der Waals surface area contributed by atoms with E-state index < -0.39 is 0 Å². The molecule has 5 aromatic rings. The van der Waals surface area contributed by atoms with Crippen molar-refractivity contribution >= 4 is 38.6 Å². The first-order valence-electron chi connectivity index (χ1n) is 9.69. The minimum Gasteiger partial charge on any atom is -0.236 e. The van der Waals surface area contributed by atoms with E-state index in [0.717, 1.165) is 21.1 Å². The van der Waals surface area contributed by atoms with Gasteiger partial charge in [0.25, 0.3) is 0 Å². The van der Waals surface area contributed by atoms with Crippen LogP contribution in [0.5, 0.6) is 0 Å². The van der Waals surface area contributed by atoms with Crippen LogP contribution >= 0.6 is 27.7 Å². The molecule has 0 saturated heterocycles. The van der Waals surface area contributed by atoms with E-state index in [1.54, 1.807) is 6.33 Å². The van der Waals surface area contributed by atoms with Gasteiger partial charge in [-0.3, -0.25) is 0 Å². The monoisotopic (exact) mass is 466 g/mol. The molecule has 0 saturated carbocycles. The highest BCUT2D eigenvalue weighted by Gasteiger charge is 2.23. The van der Waals surface area contributed by atoms with Crippen molar-refractivity contribution in [2.75, 3.05) is 0 Å². The molecule has 0 amide bonds. The molecular formula is C26H15BrN2S. The summed E-state index contributed by atoms with van der Waals surface area (Å²) in [6, 6.07) is 30.0. The second-order valence-corrected chi connectivity index (χ2v) is 9.21. The van der Waals surface area contributed by atoms with Crippen molar-refractivity contribution in [3.05, 3.63) is 95.7 Å². The van der Waals surface area contributed by atoms with Gasteiger partial charge in [-0.1, -0.05) is 88.4 Å². The molecule has 2 nitrogen and oxygen atoms in total. The van der Waals surface area contributed by atoms with Gasteiger partial charge >= 0.3 is 0 Å². The fourth-order valence-corrected chi connectivity index (χ4v) is 5.67. The van der Waals surface area contributed by atoms with Crippen LogP contribution < -0.4 is 0 Å². The Bertz CT molecular complexity index is 1430. The summed E-state index contributed by atoms with van der Waals surface area (Å²) in [5.74, 6) is 0. The smallest absolute Gasteiger partial charge is 0.116 e. The molecule has 0 N–H and O–H groups in total. The van der Waals surface area contributed by atoms with Gasteiger partial charge in [0.15, 0.2) is 0 Å². The van der Waals surface area contributed by atoms with Gasteiger partial charge < -0.3 is 0 Å². The van der Waals surface area contributed by atoms with Gasteiger partial charge in [-0.05, 0) is 46.5 Å². The second-order valence-electron chi connectivity index (χ2n) is 7.24. The molecule has 0 fully saturated rings. The molecule has 1 aliphatic rings. The van der Waals surface area contributed by atoms with Crippen LogP contribution in [0.2, 0.25) is 0 Å². The Morgan fingerprint density at radius 1 is 0.667 bits per heavy atom. The molecule has 4 heteroatoms. The maximum absolute atomic E-state index is 4.65. The summed E-state index contributed by atoms with van der Waals surface area (Å²) >= 11 is 5.38. The second kappa shape index (κ2) is 7.08. The molecule has 6 rings (SSSR count). The van der Waals surface area contributed by atoms with Gasteiger partial charge in [-0.25, -0.2) is 9.97 Å². The van der Waals surface area contributed by atoms with E-state index in [4.69, 9.17) is 0 Å². The van der Waals surface area contributed by atoms with Crippen LogP contribution in [0.25, 0.3) is 44.4 Å². The average molecular weight is 467 g/mol. The van der Waals surface area contributed by atoms with E-state index in [1.807, 2.05) is 17.8 Å². The Labute approximate surface area is 187 Å². The highest BCUT2D eigenvalue weighted by atomic mass is 79.9. The van der Waals surface area contributed by atoms with Crippen LogP contribution in [0.4, 0.5) is 0 Å². The standard InChI is InChI=1S/C26H15BrN2S/c27-19-5-3-4-18(14-19)16-8-10-17(11-9-16)20-12-13-22-24-25(29-15-28-22)21-6-1-2-7-23(21)30-26(20)24/h1-15H. The van der Waals surface area contributed by atoms with E-state index in [-0.39, 0.29) is 0 Å². The lowest BCUT2D eigenvalue weighted by Gasteiger charge is -2.21. The van der Waals surface area contributed by atoms with Crippen LogP contribution in [-0.4, -0.2) is 9.97 Å². The zero-order valence-electron chi connectivity index (χ0n) is 15.8. The third kappa shape index (κ3) is 2.87. The zero-order chi connectivity index (χ0) is 20.1. The van der Waals surface area contributed by atoms with Crippen molar-refractivity contribution in [3.8, 4) is 33.5 Å². The SMILES string of the molecule is Brc1cccc(-c2ccc(-c3ccc4ncnc5c4c3Sc3ccccc3-5)cc2)c1. The maximum atomic E-state index is 4.65. The number of fused-ring (bicyclic) bond motifs is 2. The molecule has 0 spiro atoms. The van der Waals surface area contributed by atoms with Crippen molar-refractivity contribution in [1.82, 2.24) is 9.97 Å². The van der Waals surface area contributed by atoms with Crippen molar-refractivity contribution in [1.29, 1.82) is 0 Å². The number of aromatic nitrogens is 2. The lowest BCUT2D eigenvalue weighted by Crippen LogP contribution is -1.98. The van der Waals surface area contributed by atoms with Crippen molar-refractivity contribution in [3.63, 3.8) is 0 Å². The fourth-order valence-electron chi connectivity index (χ4n) is 4.03. The molecule has 1 aliphatic heterocycles. The van der Waals surface area contributed by atoms with Gasteiger partial charge in [0.05, 0.1) is 11.2 Å². The van der Waals surface area contributed by atoms with Crippen molar-refractivity contribution in [2.24, 2.45) is 0 Å². The predicted octanol–water partition coefficient (Wildman–Crippen LogP) is 7.86. The lowest BCUT2D eigenvalue weighted by molar-refractivity contribution is 1.19. The molecule has 142 valence electrons. The molecule has 0 aliphatic carbocycles. The number of hydrogen-bond donors (Lipinski definition) is 0. The number of nitrogens with zero attached hydrogens (tertiary/aromatic N) is 2. The van der Waals surface area contributed by atoms with Crippen LogP contribution in [0.3, 0.4) is 0 Å². The average Bonchev–Trinajstić information content (AvgIpc) is 2.80. The molecule has 4 aromatic carbocycles. The highest BCUT2D eigenvalue weighted by molar-refractivity contribution is 9.10. The van der Waals surface area contributed by atoms with Gasteiger partial charge in [0.2, 0.25) is 0 Å². The number of halogens is 1. The highest BCUT2D eigenvalue weighted by Crippen LogP contribution is 2.50. The predicted molar refractivity (Wildman–Crippen MR) is 128 cm³/mol. The molecule has 0 radical (unpaired) electrons. The number of rotatable bonds is 2. The van der Waals surface area contributed by atoms with Crippen molar-refractivity contribution < 1.29 is 0 Å². The van der Waals surface area contributed by atoms with Crippen molar-refractivity contribution in [2.45, 2.75) is 9.79 Å². The zero-order valence-corrected chi connectivity index (χ0v) is 18.2. The molecule has 2 heterocycles. The quantitative estimate of drug-likeness (QED) is 0.259. The lowest BCUT2D eigenvalue weighted by atomic mass is 9.97. The van der Waals surface area contributed by atoms with E-state index in [1.165, 1.54) is 37.6 Å². The summed E-state index contributed by atoms with van der Waals surface area (Å²) in [7, 11) is 0. The minimum atomic E-state index is 0.992. The molecule has 0 unspecified atom stereocenters. The van der Waals surface area contributed by atoms with Gasteiger partial charge in [0.1, 0.15) is 6.33 Å². The first-order valence-corrected chi connectivity index (χ1v) is 11.3. The Hall–Kier alpha value is -2.95. The van der Waals surface area contributed by atoms with Gasteiger partial charge in [0, 0.05) is 25.2 Å². The first-order chi connectivity index (χ1) is 14.8. The largest absolute Gasteiger partial charge is 0.236 e. The summed E-state index contributed by atoms with van der Waals surface area (Å²) in [6.45, 7) is 0. The molecular weight excluding hydrogens is 452 g/mol. The maximum Gasteiger partial charge on any atom is 0.116 e. The topological polar surface area (TPSA) is 25.8 Å². The number of hydrogen-bond acceptors (Lipinski definition) is 3. The van der Waals surface area contributed by atoms with E-state index in [0.29, 0.717) is 0 Å². The Kier molecular flexibility index (Phi) is 4.22. The molecule has 0 bridgehead atoms. The van der Waals surface area contributed by atoms with Crippen LogP contribution in [0.1, 0.15) is 0 Å². The van der Waals surface area contributed by atoms with E-state index in [9.17, 15) is 0 Å². The summed E-state index contributed by atoms with van der Waals surface area (Å²) in [6.07, 6.45) is 1.67. The summed E-state index contributed by atoms with van der Waals surface area (Å²) < 4.78 is 1.09. The van der Waals surface area contributed by atoms with E-state index >= 15 is 0 Å². The Morgan fingerprint density at radius 2 is 1.50 bits per heavy atom. The van der Waals surface area contributed by atoms with Gasteiger partial charge in [-0.2, -0.15) is 0 Å². The van der Waals surface area contributed by atoms with Crippen LogP contribution in [-0.2, 0) is 0 Å². The Morgan fingerprint density at radius 3 is 2.37 bits per heavy atom. The van der Waals surface area contributed by atoms with Crippen LogP contribution in [0, 0.1) is 0 Å². The van der Waals surface area contributed by atoms with E-state index in [2.05, 4.69) is 105 Å². The third-order valence-electron chi connectivity index (χ3n) is 5.46. The molecule has 1 aromatic heterocycles.